The van der Waals surface area contributed by atoms with E-state index < -0.39 is 23.8 Å². The molecule has 0 saturated carbocycles. The van der Waals surface area contributed by atoms with Crippen LogP contribution in [0.4, 0.5) is 0 Å². The van der Waals surface area contributed by atoms with Gasteiger partial charge in [-0.05, 0) is 48.3 Å². The van der Waals surface area contributed by atoms with Gasteiger partial charge in [-0.15, -0.1) is 0 Å². The van der Waals surface area contributed by atoms with Crippen LogP contribution in [0.5, 0.6) is 0 Å². The second-order valence-electron chi connectivity index (χ2n) is 5.26. The van der Waals surface area contributed by atoms with Gasteiger partial charge in [-0.25, -0.2) is 9.59 Å². The van der Waals surface area contributed by atoms with Crippen LogP contribution in [0.3, 0.4) is 0 Å². The second kappa shape index (κ2) is 7.04. The highest BCUT2D eigenvalue weighted by Crippen LogP contribution is 2.21. The topological polar surface area (TPSA) is 101 Å². The van der Waals surface area contributed by atoms with Gasteiger partial charge in [0.1, 0.15) is 5.69 Å². The van der Waals surface area contributed by atoms with Gasteiger partial charge in [-0.2, -0.15) is 0 Å². The number of hydrogen-bond donors (Lipinski definition) is 2. The standard InChI is InChI=1S/C16H17BrN2O5/c1-7-12(16(22)23-4)8(2)19-13(7)14(20)9(3)24-15(21)11-5-10(17)6-18-11/h5-6,9,18-19H,1-4H3. The summed E-state index contributed by atoms with van der Waals surface area (Å²) in [6.07, 6.45) is 0.575. The van der Waals surface area contributed by atoms with Crippen LogP contribution in [0.15, 0.2) is 16.7 Å². The lowest BCUT2D eigenvalue weighted by Gasteiger charge is -2.11. The zero-order valence-electron chi connectivity index (χ0n) is 13.7. The van der Waals surface area contributed by atoms with Gasteiger partial charge in [-0.1, -0.05) is 0 Å². The first kappa shape index (κ1) is 18.0. The summed E-state index contributed by atoms with van der Waals surface area (Å²) in [5, 5.41) is 0. The Bertz CT molecular complexity index is 805. The number of aromatic amines is 2. The van der Waals surface area contributed by atoms with Crippen molar-refractivity contribution in [2.24, 2.45) is 0 Å². The highest BCUT2D eigenvalue weighted by atomic mass is 79.9. The summed E-state index contributed by atoms with van der Waals surface area (Å²) in [5.74, 6) is -1.60. The summed E-state index contributed by atoms with van der Waals surface area (Å²) >= 11 is 3.22. The first-order valence-electron chi connectivity index (χ1n) is 7.12. The van der Waals surface area contributed by atoms with E-state index in [1.807, 2.05) is 0 Å². The fourth-order valence-corrected chi connectivity index (χ4v) is 2.71. The maximum atomic E-state index is 12.5. The van der Waals surface area contributed by atoms with Crippen LogP contribution in [-0.4, -0.2) is 40.9 Å². The van der Waals surface area contributed by atoms with Gasteiger partial charge in [-0.3, -0.25) is 4.79 Å². The van der Waals surface area contributed by atoms with E-state index in [9.17, 15) is 14.4 Å². The summed E-state index contributed by atoms with van der Waals surface area (Å²) in [6.45, 7) is 4.79. The number of Topliss-reactive ketones (excluding diaryl/α,β-unsaturated/α-hetero) is 1. The van der Waals surface area contributed by atoms with E-state index in [1.165, 1.54) is 14.0 Å². The lowest BCUT2D eigenvalue weighted by Crippen LogP contribution is -2.25. The van der Waals surface area contributed by atoms with E-state index in [0.717, 1.165) is 0 Å². The smallest absolute Gasteiger partial charge is 0.355 e. The first-order chi connectivity index (χ1) is 11.3. The molecule has 0 fully saturated rings. The van der Waals surface area contributed by atoms with Crippen molar-refractivity contribution in [3.05, 3.63) is 44.9 Å². The van der Waals surface area contributed by atoms with E-state index in [4.69, 9.17) is 9.47 Å². The lowest BCUT2D eigenvalue weighted by atomic mass is 10.1. The zero-order valence-corrected chi connectivity index (χ0v) is 15.2. The number of ether oxygens (including phenoxy) is 2. The number of rotatable bonds is 5. The number of ketones is 1. The molecule has 1 unspecified atom stereocenters. The van der Waals surface area contributed by atoms with E-state index in [1.54, 1.807) is 26.1 Å². The Labute approximate surface area is 146 Å². The quantitative estimate of drug-likeness (QED) is 0.597. The van der Waals surface area contributed by atoms with Crippen LogP contribution < -0.4 is 0 Å². The number of H-pyrrole nitrogens is 2. The molecular weight excluding hydrogens is 380 g/mol. The largest absolute Gasteiger partial charge is 0.465 e. The number of halogens is 1. The predicted molar refractivity (Wildman–Crippen MR) is 89.3 cm³/mol. The molecule has 1 atom stereocenters. The Morgan fingerprint density at radius 2 is 1.88 bits per heavy atom. The van der Waals surface area contributed by atoms with E-state index in [2.05, 4.69) is 25.9 Å². The van der Waals surface area contributed by atoms with Gasteiger partial charge in [0.15, 0.2) is 6.10 Å². The van der Waals surface area contributed by atoms with E-state index in [0.29, 0.717) is 21.3 Å². The highest BCUT2D eigenvalue weighted by Gasteiger charge is 2.27. The van der Waals surface area contributed by atoms with Gasteiger partial charge in [0.05, 0.1) is 18.4 Å². The van der Waals surface area contributed by atoms with Crippen LogP contribution in [0, 0.1) is 13.8 Å². The Morgan fingerprint density at radius 3 is 2.42 bits per heavy atom. The Hall–Kier alpha value is -2.35. The van der Waals surface area contributed by atoms with Crippen molar-refractivity contribution in [3.8, 4) is 0 Å². The SMILES string of the molecule is COC(=O)c1c(C)[nH]c(C(=O)C(C)OC(=O)c2cc(Br)c[nH]2)c1C. The van der Waals surface area contributed by atoms with Crippen LogP contribution in [0.1, 0.15) is 49.5 Å². The maximum absolute atomic E-state index is 12.5. The number of nitrogens with one attached hydrogen (secondary N) is 2. The third kappa shape index (κ3) is 3.43. The van der Waals surface area contributed by atoms with Gasteiger partial charge < -0.3 is 19.4 Å². The third-order valence-corrected chi connectivity index (χ3v) is 4.05. The summed E-state index contributed by atoms with van der Waals surface area (Å²) in [5.41, 5.74) is 1.76. The third-order valence-electron chi connectivity index (χ3n) is 3.59. The molecule has 2 aromatic rings. The molecule has 0 radical (unpaired) electrons. The Kier molecular flexibility index (Phi) is 5.28. The Morgan fingerprint density at radius 1 is 1.21 bits per heavy atom. The maximum Gasteiger partial charge on any atom is 0.355 e. The molecule has 2 aromatic heterocycles. The summed E-state index contributed by atoms with van der Waals surface area (Å²) in [6, 6.07) is 1.55. The summed E-state index contributed by atoms with van der Waals surface area (Å²) < 4.78 is 10.6. The molecule has 0 aromatic carbocycles. The van der Waals surface area contributed by atoms with Crippen molar-refractivity contribution < 1.29 is 23.9 Å². The molecule has 8 heteroatoms. The predicted octanol–water partition coefficient (Wildman–Crippen LogP) is 2.94. The minimum atomic E-state index is -1.01. The van der Waals surface area contributed by atoms with Crippen molar-refractivity contribution in [1.82, 2.24) is 9.97 Å². The minimum Gasteiger partial charge on any atom is -0.465 e. The highest BCUT2D eigenvalue weighted by molar-refractivity contribution is 9.10. The molecule has 0 spiro atoms. The molecule has 2 rings (SSSR count). The Balaban J connectivity index is 2.19. The number of hydrogen-bond acceptors (Lipinski definition) is 5. The fraction of sp³-hybridized carbons (Fsp3) is 0.312. The van der Waals surface area contributed by atoms with Crippen molar-refractivity contribution in [2.45, 2.75) is 26.9 Å². The number of carbonyl (C=O) groups is 3. The molecule has 7 nitrogen and oxygen atoms in total. The average Bonchev–Trinajstić information content (AvgIpc) is 3.09. The molecule has 24 heavy (non-hydrogen) atoms. The van der Waals surface area contributed by atoms with Crippen molar-refractivity contribution in [2.75, 3.05) is 7.11 Å². The number of aryl methyl sites for hydroxylation is 1. The molecule has 0 amide bonds. The van der Waals surface area contributed by atoms with Crippen LogP contribution >= 0.6 is 15.9 Å². The summed E-state index contributed by atoms with van der Waals surface area (Å²) in [7, 11) is 1.27. The van der Waals surface area contributed by atoms with Crippen molar-refractivity contribution >= 4 is 33.7 Å². The molecule has 2 heterocycles. The molecule has 0 aliphatic carbocycles. The molecule has 0 saturated heterocycles. The van der Waals surface area contributed by atoms with Gasteiger partial charge in [0.25, 0.3) is 0 Å². The molecule has 128 valence electrons. The molecule has 0 bridgehead atoms. The van der Waals surface area contributed by atoms with Gasteiger partial charge in [0.2, 0.25) is 5.78 Å². The number of methoxy groups -OCH3 is 1. The zero-order chi connectivity index (χ0) is 18.0. The monoisotopic (exact) mass is 396 g/mol. The normalized spacial score (nSPS) is 11.9. The van der Waals surface area contributed by atoms with Gasteiger partial charge >= 0.3 is 11.9 Å². The van der Waals surface area contributed by atoms with Crippen molar-refractivity contribution in [3.63, 3.8) is 0 Å². The van der Waals surface area contributed by atoms with E-state index in [-0.39, 0.29) is 11.4 Å². The first-order valence-corrected chi connectivity index (χ1v) is 7.92. The minimum absolute atomic E-state index is 0.223. The van der Waals surface area contributed by atoms with Gasteiger partial charge in [0, 0.05) is 16.4 Å². The van der Waals surface area contributed by atoms with Crippen molar-refractivity contribution in [1.29, 1.82) is 0 Å². The number of carbonyl (C=O) groups excluding carboxylic acids is 3. The second-order valence-corrected chi connectivity index (χ2v) is 6.18. The van der Waals surface area contributed by atoms with Crippen LogP contribution in [-0.2, 0) is 9.47 Å². The average molecular weight is 397 g/mol. The van der Waals surface area contributed by atoms with Crippen LogP contribution in [0.2, 0.25) is 0 Å². The molecule has 2 N–H and O–H groups in total. The molecule has 0 aliphatic heterocycles. The van der Waals surface area contributed by atoms with E-state index >= 15 is 0 Å². The lowest BCUT2D eigenvalue weighted by molar-refractivity contribution is 0.0311. The fourth-order valence-electron chi connectivity index (χ4n) is 2.37. The summed E-state index contributed by atoms with van der Waals surface area (Å²) in [4.78, 5) is 41.9. The number of aromatic nitrogens is 2. The number of esters is 2. The molecular formula is C16H17BrN2O5. The molecule has 0 aliphatic rings. The van der Waals surface area contributed by atoms with Crippen LogP contribution in [0.25, 0.3) is 0 Å².